The normalized spacial score (nSPS) is 11.7. The van der Waals surface area contributed by atoms with Gasteiger partial charge in [0.1, 0.15) is 6.54 Å². The Hall–Kier alpha value is -2.01. The molecule has 19 heavy (non-hydrogen) atoms. The maximum atomic E-state index is 11.2. The molecule has 0 aliphatic heterocycles. The minimum absolute atomic E-state index is 0.103. The molecule has 2 aromatic rings. The van der Waals surface area contributed by atoms with Gasteiger partial charge in [-0.25, -0.2) is 8.42 Å². The van der Waals surface area contributed by atoms with Crippen molar-refractivity contribution in [3.05, 3.63) is 28.1 Å². The molecule has 2 heterocycles. The highest BCUT2D eigenvalue weighted by atomic mass is 35.7. The van der Waals surface area contributed by atoms with Gasteiger partial charge in [-0.1, -0.05) is 0 Å². The van der Waals surface area contributed by atoms with E-state index in [1.165, 1.54) is 0 Å². The summed E-state index contributed by atoms with van der Waals surface area (Å²) >= 11 is 0. The molecule has 2 aromatic heterocycles. The predicted octanol–water partition coefficient (Wildman–Crippen LogP) is 0.459. The second-order valence-electron chi connectivity index (χ2n) is 3.42. The first-order valence-electron chi connectivity index (χ1n) is 4.73. The number of hydrogen-bond donors (Lipinski definition) is 0. The fourth-order valence-electron chi connectivity index (χ4n) is 1.31. The Balaban J connectivity index is 2.41. The molecular weight excluding hydrogens is 302 g/mol. The minimum Gasteiger partial charge on any atom is -0.423 e. The molecule has 0 aliphatic rings. The Morgan fingerprint density at radius 2 is 2.21 bits per heavy atom. The Morgan fingerprint density at radius 1 is 1.53 bits per heavy atom. The molecule has 0 amide bonds. The van der Waals surface area contributed by atoms with Crippen LogP contribution in [0.25, 0.3) is 0 Å². The van der Waals surface area contributed by atoms with E-state index in [-0.39, 0.29) is 12.4 Å². The fourth-order valence-corrected chi connectivity index (χ4v) is 2.22. The van der Waals surface area contributed by atoms with Crippen LogP contribution in [0.15, 0.2) is 15.5 Å². The van der Waals surface area contributed by atoms with Crippen molar-refractivity contribution in [1.82, 2.24) is 20.0 Å². The van der Waals surface area contributed by atoms with Gasteiger partial charge in [-0.15, -0.1) is 10.2 Å². The van der Waals surface area contributed by atoms with Crippen LogP contribution in [0.4, 0.5) is 5.82 Å². The molecule has 0 radical (unpaired) electrons. The predicted molar refractivity (Wildman–Crippen MR) is 60.1 cm³/mol. The minimum atomic E-state index is -4.26. The second kappa shape index (κ2) is 4.59. The number of aromatic nitrogens is 4. The van der Waals surface area contributed by atoms with Crippen molar-refractivity contribution in [2.45, 2.75) is 18.4 Å². The Bertz CT molecular complexity index is 735. The summed E-state index contributed by atoms with van der Waals surface area (Å²) in [6.07, 6.45) is 0.931. The van der Waals surface area contributed by atoms with Gasteiger partial charge in [-0.2, -0.15) is 4.68 Å². The monoisotopic (exact) mass is 307 g/mol. The average Bonchev–Trinajstić information content (AvgIpc) is 2.85. The van der Waals surface area contributed by atoms with E-state index in [4.69, 9.17) is 15.1 Å². The van der Waals surface area contributed by atoms with Gasteiger partial charge < -0.3 is 14.5 Å². The molecule has 0 saturated heterocycles. The molecule has 2 rings (SSSR count). The van der Waals surface area contributed by atoms with E-state index in [1.54, 1.807) is 6.92 Å². The van der Waals surface area contributed by atoms with Crippen molar-refractivity contribution in [3.63, 3.8) is 0 Å². The zero-order chi connectivity index (χ0) is 14.2. The maximum absolute atomic E-state index is 11.2. The van der Waals surface area contributed by atoms with Gasteiger partial charge in [0.05, 0.1) is 11.3 Å². The van der Waals surface area contributed by atoms with Crippen LogP contribution in [0.3, 0.4) is 0 Å². The summed E-state index contributed by atoms with van der Waals surface area (Å²) in [5.74, 6) is -0.415. The van der Waals surface area contributed by atoms with Gasteiger partial charge in [0, 0.05) is 17.6 Å². The van der Waals surface area contributed by atoms with Gasteiger partial charge in [0.25, 0.3) is 9.05 Å². The molecule has 0 spiro atoms. The van der Waals surface area contributed by atoms with Crippen LogP contribution < -0.4 is 0 Å². The molecule has 10 nitrogen and oxygen atoms in total. The molecule has 0 N–H and O–H groups in total. The van der Waals surface area contributed by atoms with Crippen LogP contribution in [-0.4, -0.2) is 33.3 Å². The van der Waals surface area contributed by atoms with Gasteiger partial charge in [-0.05, 0) is 4.92 Å². The first kappa shape index (κ1) is 13.4. The summed E-state index contributed by atoms with van der Waals surface area (Å²) in [5.41, 5.74) is 0. The third-order valence-corrected chi connectivity index (χ3v) is 3.32. The van der Waals surface area contributed by atoms with Crippen LogP contribution in [0.1, 0.15) is 11.8 Å². The molecule has 0 atom stereocenters. The highest BCUT2D eigenvalue weighted by molar-refractivity contribution is 8.13. The average molecular weight is 308 g/mol. The first-order chi connectivity index (χ1) is 8.77. The van der Waals surface area contributed by atoms with Crippen molar-refractivity contribution in [2.24, 2.45) is 0 Å². The van der Waals surface area contributed by atoms with Crippen LogP contribution in [0.5, 0.6) is 0 Å². The molecule has 0 unspecified atom stereocenters. The smallest absolute Gasteiger partial charge is 0.410 e. The Kier molecular flexibility index (Phi) is 3.24. The maximum Gasteiger partial charge on any atom is 0.410 e. The first-order valence-corrected chi connectivity index (χ1v) is 7.04. The molecule has 0 aromatic carbocycles. The third-order valence-electron chi connectivity index (χ3n) is 2.01. The van der Waals surface area contributed by atoms with E-state index in [1.807, 2.05) is 0 Å². The van der Waals surface area contributed by atoms with Crippen molar-refractivity contribution in [3.8, 4) is 0 Å². The number of aryl methyl sites for hydroxylation is 1. The summed E-state index contributed by atoms with van der Waals surface area (Å²) in [7, 11) is 0.827. The van der Waals surface area contributed by atoms with E-state index in [0.717, 1.165) is 10.9 Å². The van der Waals surface area contributed by atoms with Crippen LogP contribution in [0, 0.1) is 17.0 Å². The molecule has 0 saturated carbocycles. The van der Waals surface area contributed by atoms with Crippen LogP contribution in [-0.2, 0) is 15.6 Å². The Morgan fingerprint density at radius 3 is 2.63 bits per heavy atom. The third kappa shape index (κ3) is 2.88. The van der Waals surface area contributed by atoms with Gasteiger partial charge in [0.2, 0.25) is 16.7 Å². The van der Waals surface area contributed by atoms with Crippen LogP contribution in [0.2, 0.25) is 0 Å². The van der Waals surface area contributed by atoms with Gasteiger partial charge in [0.15, 0.2) is 0 Å². The zero-order valence-electron chi connectivity index (χ0n) is 9.35. The largest absolute Gasteiger partial charge is 0.423 e. The topological polar surface area (TPSA) is 134 Å². The Labute approximate surface area is 110 Å². The fraction of sp³-hybridized carbons (Fsp3) is 0.286. The molecule has 0 fully saturated rings. The van der Waals surface area contributed by atoms with Crippen molar-refractivity contribution in [2.75, 3.05) is 0 Å². The van der Waals surface area contributed by atoms with Crippen molar-refractivity contribution < 1.29 is 17.8 Å². The van der Waals surface area contributed by atoms with E-state index >= 15 is 0 Å². The lowest BCUT2D eigenvalue weighted by molar-refractivity contribution is -0.392. The number of halogens is 1. The molecule has 102 valence electrons. The molecule has 0 aliphatic carbocycles. The second-order valence-corrected chi connectivity index (χ2v) is 5.96. The van der Waals surface area contributed by atoms with Gasteiger partial charge >= 0.3 is 5.82 Å². The summed E-state index contributed by atoms with van der Waals surface area (Å²) < 4.78 is 28.4. The van der Waals surface area contributed by atoms with E-state index < -0.39 is 24.7 Å². The van der Waals surface area contributed by atoms with Crippen molar-refractivity contribution >= 4 is 25.6 Å². The molecule has 12 heteroatoms. The van der Waals surface area contributed by atoms with Gasteiger partial charge in [-0.3, -0.25) is 0 Å². The summed E-state index contributed by atoms with van der Waals surface area (Å²) in [6.45, 7) is 1.46. The summed E-state index contributed by atoms with van der Waals surface area (Å²) in [5, 5.41) is 21.4. The quantitative estimate of drug-likeness (QED) is 0.451. The number of rotatable bonds is 4. The number of nitrogens with zero attached hydrogens (tertiary/aromatic N) is 5. The lowest BCUT2D eigenvalue weighted by Crippen LogP contribution is -2.01. The van der Waals surface area contributed by atoms with Crippen molar-refractivity contribution in [1.29, 1.82) is 0 Å². The number of nitro groups is 1. The highest BCUT2D eigenvalue weighted by Crippen LogP contribution is 2.25. The van der Waals surface area contributed by atoms with E-state index in [0.29, 0.717) is 5.89 Å². The SMILES string of the molecule is Cc1nnc(Cn2cc(S(=O)(=O)Cl)c([N+](=O)[O-])n2)o1. The number of hydrogen-bond acceptors (Lipinski definition) is 8. The van der Waals surface area contributed by atoms with E-state index in [9.17, 15) is 18.5 Å². The summed E-state index contributed by atoms with van der Waals surface area (Å²) in [6, 6.07) is 0. The molecule has 0 bridgehead atoms. The van der Waals surface area contributed by atoms with E-state index in [2.05, 4.69) is 15.3 Å². The zero-order valence-corrected chi connectivity index (χ0v) is 10.9. The van der Waals surface area contributed by atoms with Crippen LogP contribution >= 0.6 is 10.7 Å². The lowest BCUT2D eigenvalue weighted by atomic mass is 10.6. The lowest BCUT2D eigenvalue weighted by Gasteiger charge is -1.89. The standard InChI is InChI=1S/C7H6ClN5O5S/c1-4-9-10-6(18-4)3-12-2-5(19(8,16)17)7(11-12)13(14)15/h2H,3H2,1H3. The summed E-state index contributed by atoms with van der Waals surface area (Å²) in [4.78, 5) is 9.07. The molecular formula is C7H6ClN5O5S. The highest BCUT2D eigenvalue weighted by Gasteiger charge is 2.30.